The number of likely N-dealkylation sites (tertiary alicyclic amines) is 1. The van der Waals surface area contributed by atoms with Gasteiger partial charge in [0.15, 0.2) is 0 Å². The number of sulfonamides is 1. The van der Waals surface area contributed by atoms with E-state index in [0.717, 1.165) is 11.1 Å². The van der Waals surface area contributed by atoms with Gasteiger partial charge in [0, 0.05) is 35.6 Å². The fourth-order valence-corrected chi connectivity index (χ4v) is 7.51. The second-order valence-corrected chi connectivity index (χ2v) is 13.7. The van der Waals surface area contributed by atoms with E-state index in [1.165, 1.54) is 4.31 Å². The van der Waals surface area contributed by atoms with Gasteiger partial charge in [-0.25, -0.2) is 12.7 Å². The van der Waals surface area contributed by atoms with E-state index in [4.69, 9.17) is 23.2 Å². The third-order valence-electron chi connectivity index (χ3n) is 7.95. The number of carbonyl (C=O) groups excluding carboxylic acids is 1. The van der Waals surface area contributed by atoms with Crippen molar-refractivity contribution in [2.24, 2.45) is 11.8 Å². The number of likely N-dealkylation sites (N-methyl/N-ethyl adjacent to an activating group) is 1. The van der Waals surface area contributed by atoms with E-state index in [-0.39, 0.29) is 23.6 Å². The van der Waals surface area contributed by atoms with E-state index in [0.29, 0.717) is 35.7 Å². The molecule has 5 atom stereocenters. The molecule has 206 valence electrons. The number of carbonyl (C=O) groups is 2. The van der Waals surface area contributed by atoms with Crippen LogP contribution in [0.5, 0.6) is 0 Å². The summed E-state index contributed by atoms with van der Waals surface area (Å²) in [6.45, 7) is 3.61. The number of benzene rings is 2. The highest BCUT2D eigenvalue weighted by Gasteiger charge is 2.49. The molecule has 2 aliphatic rings. The van der Waals surface area contributed by atoms with Gasteiger partial charge in [-0.15, -0.1) is 0 Å². The molecule has 4 rings (SSSR count). The van der Waals surface area contributed by atoms with Gasteiger partial charge in [-0.1, -0.05) is 61.3 Å². The Balaban J connectivity index is 1.84. The van der Waals surface area contributed by atoms with E-state index < -0.39 is 39.9 Å². The summed E-state index contributed by atoms with van der Waals surface area (Å²) < 4.78 is 27.4. The Labute approximate surface area is 234 Å². The predicted molar refractivity (Wildman–Crippen MR) is 149 cm³/mol. The van der Waals surface area contributed by atoms with Crippen LogP contribution < -0.4 is 0 Å². The van der Waals surface area contributed by atoms with Crippen LogP contribution in [0.3, 0.4) is 0 Å². The van der Waals surface area contributed by atoms with Crippen LogP contribution in [0, 0.1) is 11.8 Å². The number of hydrogen-bond donors (Lipinski definition) is 1. The molecule has 0 spiro atoms. The Morgan fingerprint density at radius 1 is 1.11 bits per heavy atom. The Morgan fingerprint density at radius 2 is 1.76 bits per heavy atom. The monoisotopic (exact) mass is 580 g/mol. The molecule has 2 aromatic rings. The van der Waals surface area contributed by atoms with Crippen molar-refractivity contribution in [1.29, 1.82) is 0 Å². The van der Waals surface area contributed by atoms with Crippen molar-refractivity contribution in [3.63, 3.8) is 0 Å². The third kappa shape index (κ3) is 5.88. The maximum atomic E-state index is 14.2. The van der Waals surface area contributed by atoms with Crippen LogP contribution in [0.15, 0.2) is 48.5 Å². The Bertz CT molecular complexity index is 1280. The minimum atomic E-state index is -3.46. The zero-order valence-corrected chi connectivity index (χ0v) is 24.1. The molecular formula is C28H34Cl2N2O5S. The van der Waals surface area contributed by atoms with E-state index in [1.54, 1.807) is 37.1 Å². The number of aliphatic carboxylic acids is 1. The van der Waals surface area contributed by atoms with Gasteiger partial charge in [0.05, 0.1) is 23.1 Å². The molecule has 2 fully saturated rings. The smallest absolute Gasteiger partial charge is 0.307 e. The number of nitrogens with zero attached hydrogens (tertiary/aromatic N) is 2. The fraction of sp³-hybridized carbons (Fsp3) is 0.500. The molecule has 10 heteroatoms. The normalized spacial score (nSPS) is 23.9. The first kappa shape index (κ1) is 28.9. The zero-order valence-electron chi connectivity index (χ0n) is 21.8. The van der Waals surface area contributed by atoms with Gasteiger partial charge in [-0.3, -0.25) is 9.59 Å². The van der Waals surface area contributed by atoms with Gasteiger partial charge < -0.3 is 10.0 Å². The topological polar surface area (TPSA) is 95.0 Å². The zero-order chi connectivity index (χ0) is 27.8. The average molecular weight is 582 g/mol. The van der Waals surface area contributed by atoms with Gasteiger partial charge in [0.1, 0.15) is 0 Å². The van der Waals surface area contributed by atoms with Crippen molar-refractivity contribution < 1.29 is 23.1 Å². The molecule has 1 heterocycles. The van der Waals surface area contributed by atoms with Crippen molar-refractivity contribution >= 4 is 45.1 Å². The van der Waals surface area contributed by atoms with E-state index in [1.807, 2.05) is 37.3 Å². The molecule has 0 radical (unpaired) electrons. The molecule has 0 bridgehead atoms. The number of amides is 1. The average Bonchev–Trinajstić information content (AvgIpc) is 3.73. The molecule has 0 aromatic heterocycles. The highest BCUT2D eigenvalue weighted by Crippen LogP contribution is 2.48. The largest absolute Gasteiger partial charge is 0.481 e. The van der Waals surface area contributed by atoms with Crippen LogP contribution in [0.25, 0.3) is 0 Å². The lowest BCUT2D eigenvalue weighted by atomic mass is 9.71. The highest BCUT2D eigenvalue weighted by molar-refractivity contribution is 7.90. The number of halogens is 2. The van der Waals surface area contributed by atoms with E-state index >= 15 is 0 Å². The fourth-order valence-electron chi connectivity index (χ4n) is 5.57. The first-order valence-corrected chi connectivity index (χ1v) is 15.2. The van der Waals surface area contributed by atoms with Crippen LogP contribution in [0.4, 0.5) is 0 Å². The van der Waals surface area contributed by atoms with Gasteiger partial charge >= 0.3 is 5.97 Å². The van der Waals surface area contributed by atoms with Crippen molar-refractivity contribution in [2.45, 2.75) is 62.8 Å². The molecule has 1 aliphatic heterocycles. The summed E-state index contributed by atoms with van der Waals surface area (Å²) in [5, 5.41) is 10.6. The van der Waals surface area contributed by atoms with Crippen LogP contribution >= 0.6 is 23.2 Å². The lowest BCUT2D eigenvalue weighted by molar-refractivity contribution is -0.157. The number of carboxylic acids is 1. The Morgan fingerprint density at radius 3 is 2.32 bits per heavy atom. The number of rotatable bonds is 10. The second-order valence-electron chi connectivity index (χ2n) is 10.5. The summed E-state index contributed by atoms with van der Waals surface area (Å²) in [6.07, 6.45) is 2.11. The molecule has 1 N–H and O–H groups in total. The third-order valence-corrected chi connectivity index (χ3v) is 10.8. The van der Waals surface area contributed by atoms with E-state index in [2.05, 4.69) is 0 Å². The van der Waals surface area contributed by atoms with Gasteiger partial charge in [0.2, 0.25) is 15.9 Å². The standard InChI is InChI=1S/C28H34Cl2N2O5S/c1-4-22(16-31(3)38(36,37)23-12-13-23)32-26(18-8-10-20(29)11-9-18)25(19-6-5-7-21(30)14-19)15-24(27(32)33)17(2)28(34)35/h5-11,14,17,22-26H,4,12-13,15-16H2,1-3H3,(H,34,35)/t17-,22-,24?,25+,26+/m0/s1. The second kappa shape index (κ2) is 11.5. The first-order chi connectivity index (χ1) is 17.9. The molecule has 1 saturated heterocycles. The summed E-state index contributed by atoms with van der Waals surface area (Å²) in [4.78, 5) is 28.0. The molecule has 7 nitrogen and oxygen atoms in total. The lowest BCUT2D eigenvalue weighted by Crippen LogP contribution is -2.56. The van der Waals surface area contributed by atoms with Crippen molar-refractivity contribution in [3.05, 3.63) is 69.7 Å². The summed E-state index contributed by atoms with van der Waals surface area (Å²) >= 11 is 12.6. The SMILES string of the molecule is CC[C@@H](CN(C)S(=O)(=O)C1CC1)N1C(=O)C([C@H](C)C(=O)O)C[C@H](c2cccc(Cl)c2)[C@H]1c1ccc(Cl)cc1. The molecule has 38 heavy (non-hydrogen) atoms. The maximum absolute atomic E-state index is 14.2. The Kier molecular flexibility index (Phi) is 8.77. The minimum Gasteiger partial charge on any atom is -0.481 e. The van der Waals surface area contributed by atoms with Crippen LogP contribution in [-0.4, -0.2) is 59.5 Å². The van der Waals surface area contributed by atoms with Crippen molar-refractivity contribution in [1.82, 2.24) is 9.21 Å². The number of hydrogen-bond acceptors (Lipinski definition) is 4. The summed E-state index contributed by atoms with van der Waals surface area (Å²) in [5.74, 6) is -3.27. The minimum absolute atomic E-state index is 0.127. The lowest BCUT2D eigenvalue weighted by Gasteiger charge is -2.49. The molecule has 1 unspecified atom stereocenters. The quantitative estimate of drug-likeness (QED) is 0.395. The number of carboxylic acid groups (broad SMARTS) is 1. The Hall–Kier alpha value is -2.13. The molecule has 1 amide bonds. The van der Waals surface area contributed by atoms with Gasteiger partial charge in [-0.2, -0.15) is 0 Å². The van der Waals surface area contributed by atoms with Crippen LogP contribution in [0.2, 0.25) is 10.0 Å². The van der Waals surface area contributed by atoms with Gasteiger partial charge in [0.25, 0.3) is 0 Å². The highest BCUT2D eigenvalue weighted by atomic mass is 35.5. The van der Waals surface area contributed by atoms with Crippen molar-refractivity contribution in [2.75, 3.05) is 13.6 Å². The van der Waals surface area contributed by atoms with Crippen LogP contribution in [-0.2, 0) is 19.6 Å². The van der Waals surface area contributed by atoms with Crippen molar-refractivity contribution in [3.8, 4) is 0 Å². The van der Waals surface area contributed by atoms with Gasteiger partial charge in [-0.05, 0) is 61.1 Å². The molecule has 1 saturated carbocycles. The molecule has 2 aromatic carbocycles. The van der Waals surface area contributed by atoms with E-state index in [9.17, 15) is 23.1 Å². The van der Waals surface area contributed by atoms with Crippen LogP contribution in [0.1, 0.15) is 62.6 Å². The first-order valence-electron chi connectivity index (χ1n) is 13.0. The summed E-state index contributed by atoms with van der Waals surface area (Å²) in [6, 6.07) is 13.8. The molecular weight excluding hydrogens is 547 g/mol. The maximum Gasteiger partial charge on any atom is 0.307 e. The number of piperidine rings is 1. The summed E-state index contributed by atoms with van der Waals surface area (Å²) in [5.41, 5.74) is 1.74. The molecule has 1 aliphatic carbocycles. The summed E-state index contributed by atoms with van der Waals surface area (Å²) in [7, 11) is -1.90. The predicted octanol–water partition coefficient (Wildman–Crippen LogP) is 5.59.